The zero-order valence-corrected chi connectivity index (χ0v) is 13.9. The van der Waals surface area contributed by atoms with E-state index in [1.54, 1.807) is 46.3 Å². The van der Waals surface area contributed by atoms with Crippen molar-refractivity contribution in [1.82, 2.24) is 24.5 Å². The summed E-state index contributed by atoms with van der Waals surface area (Å²) in [6, 6.07) is 4.04. The first kappa shape index (κ1) is 15.9. The molecule has 0 amide bonds. The predicted octanol–water partition coefficient (Wildman–Crippen LogP) is 3.16. The fourth-order valence-corrected chi connectivity index (χ4v) is 2.37. The van der Waals surface area contributed by atoms with Crippen LogP contribution in [0.5, 0.6) is 0 Å². The van der Waals surface area contributed by atoms with Crippen LogP contribution in [0, 0.1) is 0 Å². The summed E-state index contributed by atoms with van der Waals surface area (Å²) >= 11 is 0. The highest BCUT2D eigenvalue weighted by Crippen LogP contribution is 2.22. The van der Waals surface area contributed by atoms with Crippen molar-refractivity contribution in [2.75, 3.05) is 0 Å². The molecule has 3 aromatic heterocycles. The van der Waals surface area contributed by atoms with Crippen LogP contribution in [-0.2, 0) is 7.05 Å². The van der Waals surface area contributed by atoms with E-state index in [2.05, 4.69) is 15.2 Å². The molecule has 3 rings (SSSR count). The molecule has 24 heavy (non-hydrogen) atoms. The maximum Gasteiger partial charge on any atom is 0.189 e. The fraction of sp³-hybridized carbons (Fsp3) is 0.222. The van der Waals surface area contributed by atoms with Gasteiger partial charge in [0.2, 0.25) is 0 Å². The van der Waals surface area contributed by atoms with Crippen molar-refractivity contribution in [2.45, 2.75) is 19.9 Å². The zero-order valence-electron chi connectivity index (χ0n) is 13.9. The maximum absolute atomic E-state index is 12.3. The van der Waals surface area contributed by atoms with Crippen molar-refractivity contribution in [3.63, 3.8) is 0 Å². The lowest BCUT2D eigenvalue weighted by Crippen LogP contribution is -2.00. The van der Waals surface area contributed by atoms with Crippen LogP contribution in [0.15, 0.2) is 49.2 Å². The van der Waals surface area contributed by atoms with Crippen molar-refractivity contribution < 1.29 is 4.79 Å². The largest absolute Gasteiger partial charge is 0.289 e. The van der Waals surface area contributed by atoms with E-state index >= 15 is 0 Å². The molecule has 0 N–H and O–H groups in total. The molecule has 0 aliphatic carbocycles. The number of aromatic nitrogens is 5. The second-order valence-electron chi connectivity index (χ2n) is 5.85. The first-order valence-electron chi connectivity index (χ1n) is 7.75. The molecule has 0 aliphatic rings. The highest BCUT2D eigenvalue weighted by molar-refractivity contribution is 6.06. The number of allylic oxidation sites excluding steroid dienone is 1. The Bertz CT molecular complexity index is 874. The Hall–Kier alpha value is -3.02. The van der Waals surface area contributed by atoms with Gasteiger partial charge in [0.25, 0.3) is 0 Å². The number of aryl methyl sites for hydroxylation is 1. The van der Waals surface area contributed by atoms with Gasteiger partial charge in [-0.2, -0.15) is 10.2 Å². The van der Waals surface area contributed by atoms with Crippen LogP contribution in [0.1, 0.15) is 35.8 Å². The van der Waals surface area contributed by atoms with Crippen LogP contribution in [0.3, 0.4) is 0 Å². The molecule has 3 aromatic rings. The number of rotatable bonds is 5. The van der Waals surface area contributed by atoms with E-state index in [9.17, 15) is 4.79 Å². The topological polar surface area (TPSA) is 65.6 Å². The molecule has 6 heteroatoms. The van der Waals surface area contributed by atoms with Gasteiger partial charge in [0, 0.05) is 49.0 Å². The summed E-state index contributed by atoms with van der Waals surface area (Å²) in [5.74, 6) is -0.0807. The van der Waals surface area contributed by atoms with Crippen LogP contribution < -0.4 is 0 Å². The molecule has 6 nitrogen and oxygen atoms in total. The first-order chi connectivity index (χ1) is 11.5. The Balaban J connectivity index is 1.85. The zero-order chi connectivity index (χ0) is 17.1. The van der Waals surface area contributed by atoms with Gasteiger partial charge in [-0.05, 0) is 38.1 Å². The third kappa shape index (κ3) is 3.32. The SMILES string of the molecule is CC(C)n1cc(C(=O)C=Cc2cn(C)nc2-c2cccnc2)cn1. The van der Waals surface area contributed by atoms with Gasteiger partial charge in [0.15, 0.2) is 5.78 Å². The van der Waals surface area contributed by atoms with Gasteiger partial charge in [-0.1, -0.05) is 0 Å². The monoisotopic (exact) mass is 321 g/mol. The molecule has 0 aliphatic heterocycles. The summed E-state index contributed by atoms with van der Waals surface area (Å²) in [6.45, 7) is 4.04. The molecule has 3 heterocycles. The van der Waals surface area contributed by atoms with Crippen molar-refractivity contribution in [3.8, 4) is 11.3 Å². The molecule has 122 valence electrons. The molecule has 0 aromatic carbocycles. The summed E-state index contributed by atoms with van der Waals surface area (Å²) in [5, 5.41) is 8.65. The van der Waals surface area contributed by atoms with Crippen molar-refractivity contribution in [3.05, 3.63) is 60.3 Å². The Morgan fingerprint density at radius 1 is 1.25 bits per heavy atom. The van der Waals surface area contributed by atoms with Gasteiger partial charge in [-0.25, -0.2) is 0 Å². The third-order valence-electron chi connectivity index (χ3n) is 3.62. The minimum Gasteiger partial charge on any atom is -0.289 e. The first-order valence-corrected chi connectivity index (χ1v) is 7.75. The normalized spacial score (nSPS) is 11.5. The molecule has 0 saturated heterocycles. The Kier molecular flexibility index (Phi) is 4.37. The molecule has 0 atom stereocenters. The van der Waals surface area contributed by atoms with Gasteiger partial charge < -0.3 is 0 Å². The quantitative estimate of drug-likeness (QED) is 0.535. The molecule has 0 radical (unpaired) electrons. The summed E-state index contributed by atoms with van der Waals surface area (Å²) in [7, 11) is 1.85. The summed E-state index contributed by atoms with van der Waals surface area (Å²) in [6.07, 6.45) is 12.1. The van der Waals surface area contributed by atoms with Crippen LogP contribution in [0.2, 0.25) is 0 Å². The Morgan fingerprint density at radius 3 is 2.75 bits per heavy atom. The number of hydrogen-bond acceptors (Lipinski definition) is 4. The number of hydrogen-bond donors (Lipinski definition) is 0. The molecule has 0 unspecified atom stereocenters. The molecular weight excluding hydrogens is 302 g/mol. The van der Waals surface area contributed by atoms with Crippen molar-refractivity contribution in [2.24, 2.45) is 7.05 Å². The van der Waals surface area contributed by atoms with Crippen LogP contribution in [0.25, 0.3) is 17.3 Å². The standard InChI is InChI=1S/C18H19N5O/c1-13(2)23-12-16(10-20-23)17(24)7-6-15-11-22(3)21-18(15)14-5-4-8-19-9-14/h4-13H,1-3H3. The van der Waals surface area contributed by atoms with Gasteiger partial charge in [0.1, 0.15) is 5.69 Å². The average Bonchev–Trinajstić information content (AvgIpc) is 3.20. The Labute approximate surface area is 140 Å². The number of pyridine rings is 1. The molecule has 0 saturated carbocycles. The highest BCUT2D eigenvalue weighted by atomic mass is 16.1. The molecule has 0 fully saturated rings. The van der Waals surface area contributed by atoms with E-state index in [1.165, 1.54) is 0 Å². The van der Waals surface area contributed by atoms with Crippen LogP contribution in [0.4, 0.5) is 0 Å². The van der Waals surface area contributed by atoms with Crippen LogP contribution >= 0.6 is 0 Å². The third-order valence-corrected chi connectivity index (χ3v) is 3.62. The molecular formula is C18H19N5O. The lowest BCUT2D eigenvalue weighted by molar-refractivity contribution is 0.104. The van der Waals surface area contributed by atoms with Crippen molar-refractivity contribution >= 4 is 11.9 Å². The number of carbonyl (C=O) groups is 1. The van der Waals surface area contributed by atoms with E-state index < -0.39 is 0 Å². The lowest BCUT2D eigenvalue weighted by atomic mass is 10.1. The maximum atomic E-state index is 12.3. The fourth-order valence-electron chi connectivity index (χ4n) is 2.37. The van der Waals surface area contributed by atoms with E-state index in [0.29, 0.717) is 5.56 Å². The smallest absolute Gasteiger partial charge is 0.189 e. The Morgan fingerprint density at radius 2 is 2.08 bits per heavy atom. The lowest BCUT2D eigenvalue weighted by Gasteiger charge is -2.02. The van der Waals surface area contributed by atoms with Crippen molar-refractivity contribution in [1.29, 1.82) is 0 Å². The van der Waals surface area contributed by atoms with Gasteiger partial charge >= 0.3 is 0 Å². The second-order valence-corrected chi connectivity index (χ2v) is 5.85. The van der Waals surface area contributed by atoms with Gasteiger partial charge in [-0.3, -0.25) is 19.1 Å². The van der Waals surface area contributed by atoms with Crippen LogP contribution in [-0.4, -0.2) is 30.3 Å². The minimum absolute atomic E-state index is 0.0807. The number of carbonyl (C=O) groups excluding carboxylic acids is 1. The second kappa shape index (κ2) is 6.62. The number of ketones is 1. The highest BCUT2D eigenvalue weighted by Gasteiger charge is 2.10. The van der Waals surface area contributed by atoms with E-state index in [-0.39, 0.29) is 11.8 Å². The summed E-state index contributed by atoms with van der Waals surface area (Å²) < 4.78 is 3.50. The van der Waals surface area contributed by atoms with Gasteiger partial charge in [0.05, 0.1) is 11.8 Å². The molecule has 0 bridgehead atoms. The van der Waals surface area contributed by atoms with E-state index in [1.807, 2.05) is 39.2 Å². The summed E-state index contributed by atoms with van der Waals surface area (Å²) in [5.41, 5.74) is 3.16. The van der Waals surface area contributed by atoms with Gasteiger partial charge in [-0.15, -0.1) is 0 Å². The average molecular weight is 321 g/mol. The number of nitrogens with zero attached hydrogens (tertiary/aromatic N) is 5. The summed E-state index contributed by atoms with van der Waals surface area (Å²) in [4.78, 5) is 16.5. The minimum atomic E-state index is -0.0807. The van der Waals surface area contributed by atoms with E-state index in [4.69, 9.17) is 0 Å². The molecule has 0 spiro atoms. The van der Waals surface area contributed by atoms with E-state index in [0.717, 1.165) is 16.8 Å². The predicted molar refractivity (Wildman–Crippen MR) is 92.4 cm³/mol.